The lowest BCUT2D eigenvalue weighted by molar-refractivity contribution is -0.00967. The summed E-state index contributed by atoms with van der Waals surface area (Å²) in [6, 6.07) is 11.4. The molecule has 0 amide bonds. The van der Waals surface area contributed by atoms with Crippen LogP contribution in [0.4, 0.5) is 5.95 Å². The molecule has 0 saturated heterocycles. The number of rotatable bonds is 10. The number of para-hydroxylation sites is 1. The molecule has 0 aliphatic heterocycles. The van der Waals surface area contributed by atoms with Gasteiger partial charge in [0.25, 0.3) is 0 Å². The SMILES string of the molecule is COc1ccc(CNc2nc3c(OC)cccc3c3nc([C@H]4CCC[C@@](O)(c5cnn(CC(C)(C)O)c5)C4)nn23)c(OC)c1. The van der Waals surface area contributed by atoms with Crippen molar-refractivity contribution in [1.82, 2.24) is 29.4 Å². The molecule has 0 unspecified atom stereocenters. The fraction of sp³-hybridized carbons (Fsp3) is 0.438. The van der Waals surface area contributed by atoms with Gasteiger partial charge in [0, 0.05) is 41.2 Å². The molecule has 1 saturated carbocycles. The van der Waals surface area contributed by atoms with Crippen molar-refractivity contribution in [2.75, 3.05) is 26.6 Å². The monoisotopic (exact) mass is 601 g/mol. The number of hydrogen-bond acceptors (Lipinski definition) is 10. The second-order valence-corrected chi connectivity index (χ2v) is 12.1. The molecule has 0 bridgehead atoms. The van der Waals surface area contributed by atoms with Crippen molar-refractivity contribution >= 4 is 22.5 Å². The van der Waals surface area contributed by atoms with Crippen LogP contribution < -0.4 is 19.5 Å². The first-order chi connectivity index (χ1) is 21.1. The van der Waals surface area contributed by atoms with E-state index in [1.807, 2.05) is 42.6 Å². The number of ether oxygens (including phenoxy) is 3. The van der Waals surface area contributed by atoms with Crippen molar-refractivity contribution in [1.29, 1.82) is 0 Å². The molecule has 0 radical (unpaired) electrons. The highest BCUT2D eigenvalue weighted by Crippen LogP contribution is 2.44. The van der Waals surface area contributed by atoms with Crippen molar-refractivity contribution < 1.29 is 24.4 Å². The molecule has 1 aliphatic rings. The predicted octanol–water partition coefficient (Wildman–Crippen LogP) is 4.43. The standard InChI is InChI=1S/C32H39N7O5/c1-31(2,40)19-38-18-22(17-34-38)32(41)13-7-8-20(15-32)28-36-29-24-9-6-10-25(43-4)27(24)35-30(39(29)37-28)33-16-21-11-12-23(42-3)14-26(21)44-5/h6,9-12,14,17-18,20,40-41H,7-8,13,15-16,19H2,1-5H3,(H,33,35)/t20-,32-/m0/s1. The zero-order chi connectivity index (χ0) is 31.1. The third-order valence-corrected chi connectivity index (χ3v) is 8.24. The van der Waals surface area contributed by atoms with Crippen LogP contribution in [0.3, 0.4) is 0 Å². The average molecular weight is 602 g/mol. The van der Waals surface area contributed by atoms with Crippen molar-refractivity contribution in [2.45, 2.75) is 69.7 Å². The number of benzene rings is 2. The van der Waals surface area contributed by atoms with Gasteiger partial charge in [-0.2, -0.15) is 9.61 Å². The van der Waals surface area contributed by atoms with Crippen LogP contribution in [0, 0.1) is 0 Å². The van der Waals surface area contributed by atoms with Crippen LogP contribution in [0.5, 0.6) is 17.2 Å². The van der Waals surface area contributed by atoms with Crippen LogP contribution in [0.15, 0.2) is 48.8 Å². The van der Waals surface area contributed by atoms with Crippen LogP contribution in [0.25, 0.3) is 16.6 Å². The molecule has 3 N–H and O–H groups in total. The number of methoxy groups -OCH3 is 3. The summed E-state index contributed by atoms with van der Waals surface area (Å²) in [5.74, 6) is 3.11. The Bertz CT molecular complexity index is 1790. The first-order valence-electron chi connectivity index (χ1n) is 14.8. The van der Waals surface area contributed by atoms with Crippen LogP contribution in [-0.2, 0) is 18.7 Å². The van der Waals surface area contributed by atoms with E-state index in [4.69, 9.17) is 29.3 Å². The van der Waals surface area contributed by atoms with E-state index in [2.05, 4.69) is 10.4 Å². The molecular weight excluding hydrogens is 562 g/mol. The quantitative estimate of drug-likeness (QED) is 0.211. The Kier molecular flexibility index (Phi) is 7.80. The molecule has 5 aromatic rings. The summed E-state index contributed by atoms with van der Waals surface area (Å²) in [6.07, 6.45) is 6.25. The molecule has 3 heterocycles. The van der Waals surface area contributed by atoms with E-state index >= 15 is 0 Å². The van der Waals surface area contributed by atoms with Gasteiger partial charge in [-0.05, 0) is 63.8 Å². The summed E-state index contributed by atoms with van der Waals surface area (Å²) in [5, 5.41) is 35.6. The summed E-state index contributed by atoms with van der Waals surface area (Å²) < 4.78 is 20.0. The maximum atomic E-state index is 11.8. The van der Waals surface area contributed by atoms with E-state index in [0.29, 0.717) is 66.1 Å². The molecule has 2 aromatic carbocycles. The van der Waals surface area contributed by atoms with E-state index in [9.17, 15) is 10.2 Å². The molecule has 3 aromatic heterocycles. The summed E-state index contributed by atoms with van der Waals surface area (Å²) >= 11 is 0. The minimum absolute atomic E-state index is 0.0820. The lowest BCUT2D eigenvalue weighted by Gasteiger charge is -2.35. The van der Waals surface area contributed by atoms with E-state index < -0.39 is 11.2 Å². The molecule has 12 nitrogen and oxygen atoms in total. The molecular formula is C32H39N7O5. The molecule has 232 valence electrons. The van der Waals surface area contributed by atoms with Crippen molar-refractivity contribution in [3.05, 3.63) is 65.7 Å². The smallest absolute Gasteiger partial charge is 0.226 e. The van der Waals surface area contributed by atoms with Gasteiger partial charge in [0.2, 0.25) is 5.95 Å². The Hall–Kier alpha value is -4.42. The summed E-state index contributed by atoms with van der Waals surface area (Å²) in [7, 11) is 4.87. The fourth-order valence-electron chi connectivity index (χ4n) is 6.07. The molecule has 1 fully saturated rings. The average Bonchev–Trinajstić information content (AvgIpc) is 3.67. The van der Waals surface area contributed by atoms with Gasteiger partial charge in [-0.1, -0.05) is 6.07 Å². The van der Waals surface area contributed by atoms with Crippen molar-refractivity contribution in [3.8, 4) is 17.2 Å². The minimum Gasteiger partial charge on any atom is -0.497 e. The van der Waals surface area contributed by atoms with Gasteiger partial charge in [0.1, 0.15) is 22.8 Å². The molecule has 2 atom stereocenters. The lowest BCUT2D eigenvalue weighted by Crippen LogP contribution is -2.32. The second kappa shape index (κ2) is 11.6. The topological polar surface area (TPSA) is 141 Å². The molecule has 12 heteroatoms. The number of aromatic nitrogens is 6. The van der Waals surface area contributed by atoms with Gasteiger partial charge in [-0.15, -0.1) is 5.10 Å². The van der Waals surface area contributed by atoms with E-state index in [1.165, 1.54) is 0 Å². The first-order valence-corrected chi connectivity index (χ1v) is 14.8. The highest BCUT2D eigenvalue weighted by Gasteiger charge is 2.39. The van der Waals surface area contributed by atoms with Crippen LogP contribution >= 0.6 is 0 Å². The number of nitrogens with one attached hydrogen (secondary N) is 1. The Morgan fingerprint density at radius 2 is 1.89 bits per heavy atom. The first kappa shape index (κ1) is 29.6. The van der Waals surface area contributed by atoms with Crippen molar-refractivity contribution in [2.24, 2.45) is 0 Å². The Morgan fingerprint density at radius 3 is 2.64 bits per heavy atom. The maximum absolute atomic E-state index is 11.8. The number of nitrogens with zero attached hydrogens (tertiary/aromatic N) is 6. The number of anilines is 1. The van der Waals surface area contributed by atoms with Crippen molar-refractivity contribution in [3.63, 3.8) is 0 Å². The Labute approximate surface area is 255 Å². The number of fused-ring (bicyclic) bond motifs is 3. The number of aliphatic hydroxyl groups is 2. The third kappa shape index (κ3) is 5.74. The molecule has 0 spiro atoms. The lowest BCUT2D eigenvalue weighted by atomic mass is 9.75. The highest BCUT2D eigenvalue weighted by atomic mass is 16.5. The van der Waals surface area contributed by atoms with Gasteiger partial charge in [-0.3, -0.25) is 4.68 Å². The Balaban J connectivity index is 1.36. The third-order valence-electron chi connectivity index (χ3n) is 8.24. The van der Waals surface area contributed by atoms with Gasteiger partial charge < -0.3 is 29.7 Å². The normalized spacial score (nSPS) is 18.9. The van der Waals surface area contributed by atoms with Crippen LogP contribution in [0.2, 0.25) is 0 Å². The highest BCUT2D eigenvalue weighted by molar-refractivity contribution is 5.96. The largest absolute Gasteiger partial charge is 0.497 e. The Morgan fingerprint density at radius 1 is 1.07 bits per heavy atom. The second-order valence-electron chi connectivity index (χ2n) is 12.1. The van der Waals surface area contributed by atoms with E-state index in [0.717, 1.165) is 29.4 Å². The predicted molar refractivity (Wildman–Crippen MR) is 165 cm³/mol. The molecule has 44 heavy (non-hydrogen) atoms. The maximum Gasteiger partial charge on any atom is 0.226 e. The van der Waals surface area contributed by atoms with Gasteiger partial charge in [-0.25, -0.2) is 9.97 Å². The zero-order valence-electron chi connectivity index (χ0n) is 25.7. The summed E-state index contributed by atoms with van der Waals surface area (Å²) in [4.78, 5) is 9.96. The molecule has 1 aliphatic carbocycles. The van der Waals surface area contributed by atoms with Gasteiger partial charge >= 0.3 is 0 Å². The zero-order valence-corrected chi connectivity index (χ0v) is 25.7. The van der Waals surface area contributed by atoms with Crippen LogP contribution in [0.1, 0.15) is 62.4 Å². The minimum atomic E-state index is -1.08. The van der Waals surface area contributed by atoms with Gasteiger partial charge in [0.15, 0.2) is 11.5 Å². The van der Waals surface area contributed by atoms with Gasteiger partial charge in [0.05, 0.1) is 45.3 Å². The van der Waals surface area contributed by atoms with E-state index in [1.54, 1.807) is 50.6 Å². The molecule has 6 rings (SSSR count). The van der Waals surface area contributed by atoms with Crippen LogP contribution in [-0.4, -0.2) is 66.5 Å². The van der Waals surface area contributed by atoms with E-state index in [-0.39, 0.29) is 5.92 Å². The fourth-order valence-corrected chi connectivity index (χ4v) is 6.07. The number of hydrogen-bond donors (Lipinski definition) is 3. The summed E-state index contributed by atoms with van der Waals surface area (Å²) in [6.45, 7) is 4.23. The summed E-state index contributed by atoms with van der Waals surface area (Å²) in [5.41, 5.74) is 0.998.